The molecule has 112 valence electrons. The maximum atomic E-state index is 13.6. The van der Waals surface area contributed by atoms with Crippen molar-refractivity contribution in [3.05, 3.63) is 34.1 Å². The minimum atomic E-state index is -0.172. The van der Waals surface area contributed by atoms with E-state index in [0.29, 0.717) is 16.4 Å². The van der Waals surface area contributed by atoms with Gasteiger partial charge in [0, 0.05) is 19.1 Å². The SMILES string of the molecule is CC(C)CC1CN(Cc2cccc(F)c2Br)CCCN1. The Morgan fingerprint density at radius 2 is 2.25 bits per heavy atom. The van der Waals surface area contributed by atoms with Crippen molar-refractivity contribution in [2.75, 3.05) is 19.6 Å². The van der Waals surface area contributed by atoms with Crippen LogP contribution in [-0.4, -0.2) is 30.6 Å². The molecule has 1 aromatic rings. The number of nitrogens with one attached hydrogen (secondary N) is 1. The van der Waals surface area contributed by atoms with E-state index >= 15 is 0 Å². The molecule has 1 heterocycles. The Balaban J connectivity index is 2.01. The summed E-state index contributed by atoms with van der Waals surface area (Å²) in [6, 6.07) is 5.84. The van der Waals surface area contributed by atoms with Crippen molar-refractivity contribution in [2.45, 2.75) is 39.3 Å². The summed E-state index contributed by atoms with van der Waals surface area (Å²) in [5, 5.41) is 3.63. The van der Waals surface area contributed by atoms with Crippen molar-refractivity contribution < 1.29 is 4.39 Å². The first-order valence-electron chi connectivity index (χ1n) is 7.45. The second-order valence-electron chi connectivity index (χ2n) is 6.08. The van der Waals surface area contributed by atoms with Gasteiger partial charge in [0.05, 0.1) is 4.47 Å². The minimum Gasteiger partial charge on any atom is -0.313 e. The van der Waals surface area contributed by atoms with E-state index in [2.05, 4.69) is 40.0 Å². The third-order valence-electron chi connectivity index (χ3n) is 3.74. The molecule has 0 aliphatic carbocycles. The Hall–Kier alpha value is -0.450. The molecule has 1 N–H and O–H groups in total. The molecule has 0 radical (unpaired) electrons. The van der Waals surface area contributed by atoms with Crippen LogP contribution < -0.4 is 5.32 Å². The minimum absolute atomic E-state index is 0.172. The first kappa shape index (κ1) is 15.9. The van der Waals surface area contributed by atoms with E-state index < -0.39 is 0 Å². The standard InChI is InChI=1S/C16H24BrFN2/c1-12(2)9-14-11-20(8-4-7-19-14)10-13-5-3-6-15(18)16(13)17/h3,5-6,12,14,19H,4,7-11H2,1-2H3. The van der Waals surface area contributed by atoms with E-state index in [1.165, 1.54) is 12.5 Å². The van der Waals surface area contributed by atoms with Gasteiger partial charge in [0.2, 0.25) is 0 Å². The van der Waals surface area contributed by atoms with Gasteiger partial charge in [-0.1, -0.05) is 26.0 Å². The molecule has 1 aliphatic heterocycles. The molecule has 0 amide bonds. The van der Waals surface area contributed by atoms with Crippen LogP contribution in [-0.2, 0) is 6.54 Å². The van der Waals surface area contributed by atoms with Gasteiger partial charge in [-0.2, -0.15) is 0 Å². The number of hydrogen-bond donors (Lipinski definition) is 1. The van der Waals surface area contributed by atoms with Crippen LogP contribution in [0.3, 0.4) is 0 Å². The molecule has 20 heavy (non-hydrogen) atoms. The summed E-state index contributed by atoms with van der Waals surface area (Å²) in [6.07, 6.45) is 2.35. The summed E-state index contributed by atoms with van der Waals surface area (Å²) >= 11 is 3.36. The van der Waals surface area contributed by atoms with E-state index in [1.807, 2.05) is 6.07 Å². The van der Waals surface area contributed by atoms with Crippen LogP contribution in [0.25, 0.3) is 0 Å². The number of halogens is 2. The number of hydrogen-bond acceptors (Lipinski definition) is 2. The lowest BCUT2D eigenvalue weighted by Gasteiger charge is -2.26. The average molecular weight is 343 g/mol. The van der Waals surface area contributed by atoms with E-state index in [0.717, 1.165) is 38.2 Å². The number of nitrogens with zero attached hydrogens (tertiary/aromatic N) is 1. The van der Waals surface area contributed by atoms with E-state index in [1.54, 1.807) is 6.07 Å². The largest absolute Gasteiger partial charge is 0.313 e. The Labute approximate surface area is 129 Å². The Kier molecular flexibility index (Phi) is 6.00. The summed E-state index contributed by atoms with van der Waals surface area (Å²) in [7, 11) is 0. The lowest BCUT2D eigenvalue weighted by Crippen LogP contribution is -2.38. The van der Waals surface area contributed by atoms with Crippen LogP contribution in [0.1, 0.15) is 32.3 Å². The predicted molar refractivity (Wildman–Crippen MR) is 85.2 cm³/mol. The van der Waals surface area contributed by atoms with Crippen molar-refractivity contribution in [1.82, 2.24) is 10.2 Å². The Morgan fingerprint density at radius 1 is 1.45 bits per heavy atom. The fourth-order valence-corrected chi connectivity index (χ4v) is 3.25. The molecule has 0 saturated carbocycles. The van der Waals surface area contributed by atoms with Crippen LogP contribution >= 0.6 is 15.9 Å². The summed E-state index contributed by atoms with van der Waals surface area (Å²) in [6.45, 7) is 8.54. The van der Waals surface area contributed by atoms with Crippen molar-refractivity contribution in [3.8, 4) is 0 Å². The molecule has 4 heteroatoms. The first-order chi connectivity index (χ1) is 9.56. The average Bonchev–Trinajstić information content (AvgIpc) is 2.59. The third kappa shape index (κ3) is 4.54. The molecular formula is C16H24BrFN2. The fraction of sp³-hybridized carbons (Fsp3) is 0.625. The van der Waals surface area contributed by atoms with Gasteiger partial charge in [0.1, 0.15) is 5.82 Å². The second-order valence-corrected chi connectivity index (χ2v) is 6.88. The van der Waals surface area contributed by atoms with Crippen molar-refractivity contribution in [1.29, 1.82) is 0 Å². The van der Waals surface area contributed by atoms with Gasteiger partial charge in [-0.25, -0.2) is 4.39 Å². The number of rotatable bonds is 4. The molecule has 1 unspecified atom stereocenters. The lowest BCUT2D eigenvalue weighted by molar-refractivity contribution is 0.247. The van der Waals surface area contributed by atoms with E-state index in [4.69, 9.17) is 0 Å². The molecule has 1 fully saturated rings. The van der Waals surface area contributed by atoms with Crippen molar-refractivity contribution in [3.63, 3.8) is 0 Å². The monoisotopic (exact) mass is 342 g/mol. The first-order valence-corrected chi connectivity index (χ1v) is 8.24. The Bertz CT molecular complexity index is 436. The maximum Gasteiger partial charge on any atom is 0.137 e. The zero-order valence-electron chi connectivity index (χ0n) is 12.3. The van der Waals surface area contributed by atoms with Crippen LogP contribution in [0, 0.1) is 11.7 Å². The van der Waals surface area contributed by atoms with Crippen LogP contribution in [0.5, 0.6) is 0 Å². The highest BCUT2D eigenvalue weighted by Gasteiger charge is 2.19. The molecule has 0 spiro atoms. The predicted octanol–water partition coefficient (Wildman–Crippen LogP) is 3.80. The van der Waals surface area contributed by atoms with Gasteiger partial charge in [0.25, 0.3) is 0 Å². The highest BCUT2D eigenvalue weighted by atomic mass is 79.9. The fourth-order valence-electron chi connectivity index (χ4n) is 2.86. The summed E-state index contributed by atoms with van der Waals surface area (Å²) in [4.78, 5) is 2.44. The molecule has 1 aliphatic rings. The van der Waals surface area contributed by atoms with Gasteiger partial charge in [0.15, 0.2) is 0 Å². The van der Waals surface area contributed by atoms with E-state index in [9.17, 15) is 4.39 Å². The molecular weight excluding hydrogens is 319 g/mol. The highest BCUT2D eigenvalue weighted by molar-refractivity contribution is 9.10. The highest BCUT2D eigenvalue weighted by Crippen LogP contribution is 2.22. The molecule has 2 nitrogen and oxygen atoms in total. The smallest absolute Gasteiger partial charge is 0.137 e. The van der Waals surface area contributed by atoms with Gasteiger partial charge in [-0.05, 0) is 59.4 Å². The zero-order valence-corrected chi connectivity index (χ0v) is 13.9. The van der Waals surface area contributed by atoms with Crippen LogP contribution in [0.2, 0.25) is 0 Å². The Morgan fingerprint density at radius 3 is 3.00 bits per heavy atom. The quantitative estimate of drug-likeness (QED) is 0.895. The normalized spacial score (nSPS) is 21.1. The van der Waals surface area contributed by atoms with Crippen molar-refractivity contribution in [2.24, 2.45) is 5.92 Å². The van der Waals surface area contributed by atoms with Crippen LogP contribution in [0.15, 0.2) is 22.7 Å². The molecule has 0 bridgehead atoms. The molecule has 1 saturated heterocycles. The van der Waals surface area contributed by atoms with Gasteiger partial charge >= 0.3 is 0 Å². The second kappa shape index (κ2) is 7.53. The number of benzene rings is 1. The zero-order chi connectivity index (χ0) is 14.5. The van der Waals surface area contributed by atoms with Gasteiger partial charge in [-0.15, -0.1) is 0 Å². The van der Waals surface area contributed by atoms with Crippen LogP contribution in [0.4, 0.5) is 4.39 Å². The molecule has 2 rings (SSSR count). The molecule has 1 atom stereocenters. The molecule has 0 aromatic heterocycles. The van der Waals surface area contributed by atoms with E-state index in [-0.39, 0.29) is 5.82 Å². The third-order valence-corrected chi connectivity index (χ3v) is 4.63. The van der Waals surface area contributed by atoms with Gasteiger partial charge in [-0.3, -0.25) is 4.90 Å². The molecule has 1 aromatic carbocycles. The maximum absolute atomic E-state index is 13.6. The topological polar surface area (TPSA) is 15.3 Å². The summed E-state index contributed by atoms with van der Waals surface area (Å²) in [5.41, 5.74) is 1.04. The summed E-state index contributed by atoms with van der Waals surface area (Å²) in [5.74, 6) is 0.530. The van der Waals surface area contributed by atoms with Gasteiger partial charge < -0.3 is 5.32 Å². The lowest BCUT2D eigenvalue weighted by atomic mass is 10.0. The summed E-state index contributed by atoms with van der Waals surface area (Å²) < 4.78 is 14.2. The van der Waals surface area contributed by atoms with Crippen molar-refractivity contribution >= 4 is 15.9 Å².